The Labute approximate surface area is 277 Å². The van der Waals surface area contributed by atoms with Gasteiger partial charge in [-0.2, -0.15) is 0 Å². The van der Waals surface area contributed by atoms with Gasteiger partial charge in [-0.3, -0.25) is 0 Å². The molecule has 0 spiro atoms. The first-order valence-electron chi connectivity index (χ1n) is 14.1. The maximum atomic E-state index is 2.53. The topological polar surface area (TPSA) is 0 Å². The molecule has 0 saturated heterocycles. The maximum Gasteiger partial charge on any atom is 3.00 e. The van der Waals surface area contributed by atoms with Crippen LogP contribution >= 0.6 is 0 Å². The van der Waals surface area contributed by atoms with Gasteiger partial charge in [0.05, 0.1) is 0 Å². The molecule has 2 aliphatic rings. The Morgan fingerprint density at radius 3 is 2.07 bits per heavy atom. The molecule has 0 fully saturated rings. The molecular weight excluding hydrogens is 631 g/mol. The average molecular weight is 658 g/mol. The van der Waals surface area contributed by atoms with Crippen molar-refractivity contribution in [2.45, 2.75) is 25.7 Å². The van der Waals surface area contributed by atoms with Gasteiger partial charge >= 0.3 is 26.2 Å². The van der Waals surface area contributed by atoms with E-state index in [-0.39, 0.29) is 51.0 Å². The van der Waals surface area contributed by atoms with E-state index in [1.807, 2.05) is 0 Å². The van der Waals surface area contributed by atoms with Crippen molar-refractivity contribution >= 4 is 49.2 Å². The molecule has 3 heteroatoms. The summed E-state index contributed by atoms with van der Waals surface area (Å²) in [6.07, 6.45) is 4.86. The molecule has 0 N–H and O–H groups in total. The van der Waals surface area contributed by atoms with E-state index in [0.717, 1.165) is 0 Å². The number of halogens is 2. The SMILES string of the molecule is CC1=Cc2c(-c3cc4ccccc4c4ccccc34)cccc2C1c1cc2c([cH-]c3ccccc32)c2c1CC2.[Cl-].[Cl-].[Zr+3]. The van der Waals surface area contributed by atoms with E-state index >= 15 is 0 Å². The Hall–Kier alpha value is -3.09. The average Bonchev–Trinajstić information content (AvgIpc) is 3.48. The van der Waals surface area contributed by atoms with Crippen LogP contribution in [0.5, 0.6) is 0 Å². The summed E-state index contributed by atoms with van der Waals surface area (Å²) >= 11 is 0. The van der Waals surface area contributed by atoms with Gasteiger partial charge in [-0.1, -0.05) is 115 Å². The van der Waals surface area contributed by atoms with Crippen molar-refractivity contribution in [2.75, 3.05) is 0 Å². The van der Waals surface area contributed by atoms with Crippen LogP contribution in [0.4, 0.5) is 0 Å². The molecule has 0 aliphatic heterocycles. The van der Waals surface area contributed by atoms with Crippen molar-refractivity contribution < 1.29 is 51.0 Å². The summed E-state index contributed by atoms with van der Waals surface area (Å²) in [7, 11) is 0. The summed E-state index contributed by atoms with van der Waals surface area (Å²) in [6, 6.07) is 40.9. The molecule has 42 heavy (non-hydrogen) atoms. The summed E-state index contributed by atoms with van der Waals surface area (Å²) in [5, 5.41) is 10.9. The van der Waals surface area contributed by atoms with Gasteiger partial charge in [-0.05, 0) is 68.8 Å². The molecule has 9 rings (SSSR count). The Balaban J connectivity index is 0.00000105. The molecule has 7 aromatic rings. The summed E-state index contributed by atoms with van der Waals surface area (Å²) in [5.41, 5.74) is 11.7. The largest absolute Gasteiger partial charge is 3.00 e. The van der Waals surface area contributed by atoms with Crippen LogP contribution in [0.1, 0.15) is 40.7 Å². The fraction of sp³-hybridized carbons (Fsp3) is 0.103. The van der Waals surface area contributed by atoms with Crippen molar-refractivity contribution in [3.05, 3.63) is 143 Å². The second-order valence-electron chi connectivity index (χ2n) is 11.4. The number of hydrogen-bond acceptors (Lipinski definition) is 0. The van der Waals surface area contributed by atoms with E-state index in [4.69, 9.17) is 0 Å². The second-order valence-corrected chi connectivity index (χ2v) is 11.4. The zero-order valence-electron chi connectivity index (χ0n) is 23.2. The molecule has 0 saturated carbocycles. The fourth-order valence-electron chi connectivity index (χ4n) is 7.62. The summed E-state index contributed by atoms with van der Waals surface area (Å²) < 4.78 is 0. The molecule has 7 aromatic carbocycles. The monoisotopic (exact) mass is 655 g/mol. The van der Waals surface area contributed by atoms with Gasteiger partial charge in [-0.25, -0.2) is 0 Å². The minimum absolute atomic E-state index is 0. The Kier molecular flexibility index (Phi) is 7.51. The quantitative estimate of drug-likeness (QED) is 0.192. The molecule has 0 amide bonds. The third-order valence-corrected chi connectivity index (χ3v) is 9.45. The predicted molar refractivity (Wildman–Crippen MR) is 167 cm³/mol. The molecule has 1 radical (unpaired) electrons. The van der Waals surface area contributed by atoms with Gasteiger partial charge in [0, 0.05) is 5.92 Å². The fourth-order valence-corrected chi connectivity index (χ4v) is 7.62. The molecule has 0 heterocycles. The van der Waals surface area contributed by atoms with E-state index in [0.29, 0.717) is 5.92 Å². The van der Waals surface area contributed by atoms with Crippen LogP contribution in [0.15, 0.2) is 115 Å². The van der Waals surface area contributed by atoms with Gasteiger partial charge < -0.3 is 24.8 Å². The van der Waals surface area contributed by atoms with E-state index in [9.17, 15) is 0 Å². The molecule has 0 nitrogen and oxygen atoms in total. The van der Waals surface area contributed by atoms with Crippen LogP contribution in [0.25, 0.3) is 60.3 Å². The Morgan fingerprint density at radius 1 is 0.595 bits per heavy atom. The zero-order chi connectivity index (χ0) is 25.7. The number of rotatable bonds is 2. The van der Waals surface area contributed by atoms with Gasteiger partial charge in [0.1, 0.15) is 0 Å². The second kappa shape index (κ2) is 10.9. The van der Waals surface area contributed by atoms with Crippen molar-refractivity contribution in [1.82, 2.24) is 0 Å². The molecule has 1 atom stereocenters. The third kappa shape index (κ3) is 4.01. The molecule has 2 aliphatic carbocycles. The summed E-state index contributed by atoms with van der Waals surface area (Å²) in [5.74, 6) is 0.318. The minimum atomic E-state index is 0. The standard InChI is InChI=1S/C39H27.2ClH.Zr/c1-23-19-34-30(35-20-24-9-2-4-11-26(24)28-13-6-7-14-29(28)35)15-8-16-33(34)39(23)38-22-37-27-12-5-3-10-25(27)21-36(37)31-17-18-32(31)38;;;/h2-16,19-22,39H,17-18H2,1H3;2*1H;/q-1;;;+3/p-2. The Morgan fingerprint density at radius 2 is 1.29 bits per heavy atom. The number of fused-ring (bicyclic) bond motifs is 9. The number of benzene rings is 6. The zero-order valence-corrected chi connectivity index (χ0v) is 27.2. The molecular formula is C39H27Cl2Zr. The van der Waals surface area contributed by atoms with E-state index in [1.165, 1.54) is 89.3 Å². The van der Waals surface area contributed by atoms with Gasteiger partial charge in [0.25, 0.3) is 0 Å². The molecule has 0 bridgehead atoms. The van der Waals surface area contributed by atoms with E-state index in [2.05, 4.69) is 122 Å². The van der Waals surface area contributed by atoms with Crippen LogP contribution in [0.3, 0.4) is 0 Å². The smallest absolute Gasteiger partial charge is 1.00 e. The van der Waals surface area contributed by atoms with E-state index in [1.54, 1.807) is 11.1 Å². The van der Waals surface area contributed by atoms with Crippen molar-refractivity contribution in [2.24, 2.45) is 0 Å². The van der Waals surface area contributed by atoms with Crippen LogP contribution < -0.4 is 24.8 Å². The van der Waals surface area contributed by atoms with Gasteiger partial charge in [0.2, 0.25) is 0 Å². The first kappa shape index (κ1) is 29.0. The first-order chi connectivity index (χ1) is 19.3. The van der Waals surface area contributed by atoms with Gasteiger partial charge in [0.15, 0.2) is 0 Å². The first-order valence-corrected chi connectivity index (χ1v) is 14.1. The van der Waals surface area contributed by atoms with Crippen LogP contribution in [0, 0.1) is 0 Å². The number of hydrogen-bond donors (Lipinski definition) is 0. The maximum absolute atomic E-state index is 2.53. The number of allylic oxidation sites excluding steroid dienone is 1. The van der Waals surface area contributed by atoms with Crippen molar-refractivity contribution in [3.8, 4) is 11.1 Å². The normalized spacial score (nSPS) is 14.9. The summed E-state index contributed by atoms with van der Waals surface area (Å²) in [4.78, 5) is 0. The van der Waals surface area contributed by atoms with Crippen molar-refractivity contribution in [1.29, 1.82) is 0 Å². The molecule has 201 valence electrons. The molecule has 1 unspecified atom stereocenters. The predicted octanol–water partition coefficient (Wildman–Crippen LogP) is 4.34. The third-order valence-electron chi connectivity index (χ3n) is 9.45. The van der Waals surface area contributed by atoms with Crippen LogP contribution in [-0.2, 0) is 39.0 Å². The van der Waals surface area contributed by atoms with Crippen molar-refractivity contribution in [3.63, 3.8) is 0 Å². The van der Waals surface area contributed by atoms with Gasteiger partial charge in [-0.15, -0.1) is 39.2 Å². The molecule has 0 aromatic heterocycles. The van der Waals surface area contributed by atoms with E-state index < -0.39 is 0 Å². The van der Waals surface area contributed by atoms with Crippen LogP contribution in [-0.4, -0.2) is 0 Å². The summed E-state index contributed by atoms with van der Waals surface area (Å²) in [6.45, 7) is 2.34. The van der Waals surface area contributed by atoms with Crippen LogP contribution in [0.2, 0.25) is 0 Å². The number of aryl methyl sites for hydroxylation is 1. The Bertz CT molecular complexity index is 2200. The minimum Gasteiger partial charge on any atom is -1.00 e.